The molecular weight excluding hydrogens is 228 g/mol. The lowest BCUT2D eigenvalue weighted by Gasteiger charge is -2.12. The van der Waals surface area contributed by atoms with Crippen molar-refractivity contribution >= 4 is 5.78 Å². The fourth-order valence-electron chi connectivity index (χ4n) is 1.23. The van der Waals surface area contributed by atoms with E-state index in [-0.39, 0.29) is 5.78 Å². The molecule has 0 fully saturated rings. The van der Waals surface area contributed by atoms with Crippen molar-refractivity contribution in [3.05, 3.63) is 42.1 Å². The van der Waals surface area contributed by atoms with E-state index in [1.807, 2.05) is 20.2 Å². The second kappa shape index (κ2) is 6.45. The molecule has 0 aliphatic rings. The molecule has 0 saturated heterocycles. The molecule has 94 valence electrons. The maximum Gasteiger partial charge on any atom is 0.197 e. The minimum Gasteiger partial charge on any atom is -0.483 e. The van der Waals surface area contributed by atoms with Crippen LogP contribution in [0.5, 0.6) is 5.75 Å². The van der Waals surface area contributed by atoms with Crippen molar-refractivity contribution < 1.29 is 9.53 Å². The number of hydrogen-bond acceptors (Lipinski definition) is 4. The lowest BCUT2D eigenvalue weighted by atomic mass is 10.2. The van der Waals surface area contributed by atoms with Gasteiger partial charge in [0.15, 0.2) is 11.9 Å². The van der Waals surface area contributed by atoms with Crippen molar-refractivity contribution in [2.45, 2.75) is 13.0 Å². The first-order valence-electron chi connectivity index (χ1n) is 5.58. The van der Waals surface area contributed by atoms with Crippen LogP contribution in [0.15, 0.2) is 36.5 Å². The third-order valence-electron chi connectivity index (χ3n) is 2.23. The summed E-state index contributed by atoms with van der Waals surface area (Å²) in [6.07, 6.45) is 2.61. The summed E-state index contributed by atoms with van der Waals surface area (Å²) in [6, 6.07) is 8.69. The van der Waals surface area contributed by atoms with Crippen molar-refractivity contribution in [3.8, 4) is 11.8 Å². The number of carbonyl (C=O) groups is 1. The molecule has 1 aromatic rings. The van der Waals surface area contributed by atoms with Gasteiger partial charge >= 0.3 is 0 Å². The number of rotatable bonds is 5. The minimum absolute atomic E-state index is 0.104. The largest absolute Gasteiger partial charge is 0.483 e. The van der Waals surface area contributed by atoms with Crippen LogP contribution in [-0.2, 0) is 4.79 Å². The molecule has 1 rings (SSSR count). The van der Waals surface area contributed by atoms with Crippen molar-refractivity contribution in [1.82, 2.24) is 4.90 Å². The van der Waals surface area contributed by atoms with Crippen LogP contribution in [0.4, 0.5) is 0 Å². The fourth-order valence-corrected chi connectivity index (χ4v) is 1.23. The van der Waals surface area contributed by atoms with Gasteiger partial charge in [0, 0.05) is 26.4 Å². The highest BCUT2D eigenvalue weighted by Gasteiger charge is 2.11. The van der Waals surface area contributed by atoms with Gasteiger partial charge in [-0.15, -0.1) is 0 Å². The third-order valence-corrected chi connectivity index (χ3v) is 2.23. The highest BCUT2D eigenvalue weighted by molar-refractivity contribution is 5.93. The number of nitrogens with zero attached hydrogens (tertiary/aromatic N) is 2. The van der Waals surface area contributed by atoms with Crippen molar-refractivity contribution in [2.75, 3.05) is 14.1 Å². The van der Waals surface area contributed by atoms with Crippen LogP contribution in [0.2, 0.25) is 0 Å². The predicted octanol–water partition coefficient (Wildman–Crippen LogP) is 1.97. The van der Waals surface area contributed by atoms with Gasteiger partial charge in [0.25, 0.3) is 0 Å². The van der Waals surface area contributed by atoms with Gasteiger partial charge in [0.2, 0.25) is 0 Å². The van der Waals surface area contributed by atoms with Crippen LogP contribution in [-0.4, -0.2) is 30.9 Å². The van der Waals surface area contributed by atoms with E-state index in [1.54, 1.807) is 42.3 Å². The topological polar surface area (TPSA) is 53.3 Å². The molecule has 0 N–H and O–H groups in total. The van der Waals surface area contributed by atoms with E-state index in [2.05, 4.69) is 0 Å². The zero-order chi connectivity index (χ0) is 13.5. The normalized spacial score (nSPS) is 11.9. The Labute approximate surface area is 107 Å². The first-order chi connectivity index (χ1) is 8.52. The molecule has 0 aromatic heterocycles. The molecule has 0 saturated carbocycles. The van der Waals surface area contributed by atoms with Crippen LogP contribution >= 0.6 is 0 Å². The van der Waals surface area contributed by atoms with E-state index < -0.39 is 6.10 Å². The van der Waals surface area contributed by atoms with Gasteiger partial charge in [0.1, 0.15) is 5.75 Å². The van der Waals surface area contributed by atoms with Crippen molar-refractivity contribution in [3.63, 3.8) is 0 Å². The monoisotopic (exact) mass is 244 g/mol. The zero-order valence-corrected chi connectivity index (χ0v) is 10.8. The number of benzene rings is 1. The minimum atomic E-state index is -0.547. The van der Waals surface area contributed by atoms with Crippen molar-refractivity contribution in [1.29, 1.82) is 5.26 Å². The quantitative estimate of drug-likeness (QED) is 0.743. The number of ketones is 1. The molecule has 0 amide bonds. The van der Waals surface area contributed by atoms with Gasteiger partial charge in [-0.3, -0.25) is 4.79 Å². The summed E-state index contributed by atoms with van der Waals surface area (Å²) >= 11 is 0. The number of ether oxygens (including phenoxy) is 1. The number of hydrogen-bond donors (Lipinski definition) is 0. The van der Waals surface area contributed by atoms with E-state index in [9.17, 15) is 4.79 Å². The first-order valence-corrected chi connectivity index (χ1v) is 5.58. The number of carbonyl (C=O) groups excluding carboxylic acids is 1. The Bertz CT molecular complexity index is 470. The Morgan fingerprint density at radius 3 is 2.50 bits per heavy atom. The average Bonchev–Trinajstić information content (AvgIpc) is 2.36. The second-order valence-corrected chi connectivity index (χ2v) is 4.08. The lowest BCUT2D eigenvalue weighted by Crippen LogP contribution is -2.22. The molecule has 0 heterocycles. The smallest absolute Gasteiger partial charge is 0.197 e. The molecule has 0 spiro atoms. The lowest BCUT2D eigenvalue weighted by molar-refractivity contribution is -0.120. The van der Waals surface area contributed by atoms with E-state index in [4.69, 9.17) is 10.00 Å². The van der Waals surface area contributed by atoms with Crippen LogP contribution in [0.3, 0.4) is 0 Å². The zero-order valence-electron chi connectivity index (χ0n) is 10.8. The first kappa shape index (κ1) is 13.8. The standard InChI is InChI=1S/C14H16N2O2/c1-11(14(17)8-9-16(2)3)18-13-6-4-12(10-15)5-7-13/h4-9,11H,1-3H3/b9-8+. The van der Waals surface area contributed by atoms with Gasteiger partial charge in [-0.1, -0.05) is 0 Å². The van der Waals surface area contributed by atoms with Crippen LogP contribution in [0.25, 0.3) is 0 Å². The van der Waals surface area contributed by atoms with Crippen LogP contribution in [0, 0.1) is 11.3 Å². The molecule has 0 aliphatic carbocycles. The summed E-state index contributed by atoms with van der Waals surface area (Å²) in [7, 11) is 3.69. The Morgan fingerprint density at radius 2 is 2.00 bits per heavy atom. The summed E-state index contributed by atoms with van der Waals surface area (Å²) in [5, 5.41) is 8.66. The molecule has 18 heavy (non-hydrogen) atoms. The molecule has 1 atom stereocenters. The highest BCUT2D eigenvalue weighted by Crippen LogP contribution is 2.13. The van der Waals surface area contributed by atoms with E-state index >= 15 is 0 Å². The molecule has 1 unspecified atom stereocenters. The van der Waals surface area contributed by atoms with Gasteiger partial charge in [-0.25, -0.2) is 0 Å². The van der Waals surface area contributed by atoms with Gasteiger partial charge < -0.3 is 9.64 Å². The van der Waals surface area contributed by atoms with Gasteiger partial charge in [0.05, 0.1) is 11.6 Å². The number of nitriles is 1. The highest BCUT2D eigenvalue weighted by atomic mass is 16.5. The van der Waals surface area contributed by atoms with E-state index in [1.165, 1.54) is 6.08 Å². The van der Waals surface area contributed by atoms with E-state index in [0.717, 1.165) is 0 Å². The second-order valence-electron chi connectivity index (χ2n) is 4.08. The Kier molecular flexibility index (Phi) is 4.94. The average molecular weight is 244 g/mol. The van der Waals surface area contributed by atoms with Crippen LogP contribution < -0.4 is 4.74 Å². The van der Waals surface area contributed by atoms with Crippen molar-refractivity contribution in [2.24, 2.45) is 0 Å². The summed E-state index contributed by atoms with van der Waals surface area (Å²) in [5.41, 5.74) is 0.564. The Hall–Kier alpha value is -2.28. The summed E-state index contributed by atoms with van der Waals surface area (Å²) < 4.78 is 5.48. The maximum absolute atomic E-state index is 11.7. The van der Waals surface area contributed by atoms with Gasteiger partial charge in [-0.2, -0.15) is 5.26 Å². The molecule has 0 radical (unpaired) electrons. The molecule has 0 aliphatic heterocycles. The third kappa shape index (κ3) is 4.30. The summed E-state index contributed by atoms with van der Waals surface area (Å²) in [6.45, 7) is 1.69. The molecule has 4 heteroatoms. The molecular formula is C14H16N2O2. The fraction of sp³-hybridized carbons (Fsp3) is 0.286. The molecule has 0 bridgehead atoms. The summed E-state index contributed by atoms with van der Waals surface area (Å²) in [4.78, 5) is 13.5. The van der Waals surface area contributed by atoms with E-state index in [0.29, 0.717) is 11.3 Å². The Balaban J connectivity index is 2.61. The maximum atomic E-state index is 11.7. The predicted molar refractivity (Wildman–Crippen MR) is 69.1 cm³/mol. The van der Waals surface area contributed by atoms with Crippen LogP contribution in [0.1, 0.15) is 12.5 Å². The summed E-state index contributed by atoms with van der Waals surface area (Å²) in [5.74, 6) is 0.473. The van der Waals surface area contributed by atoms with Gasteiger partial charge in [-0.05, 0) is 31.2 Å². The molecule has 1 aromatic carbocycles. The SMILES string of the molecule is CC(Oc1ccc(C#N)cc1)C(=O)/C=C/N(C)C. The molecule has 4 nitrogen and oxygen atoms in total. The Morgan fingerprint density at radius 1 is 1.39 bits per heavy atom.